The smallest absolute Gasteiger partial charge is 0.334 e. The van der Waals surface area contributed by atoms with E-state index in [1.807, 2.05) is 0 Å². The lowest BCUT2D eigenvalue weighted by Gasteiger charge is -2.04. The van der Waals surface area contributed by atoms with Crippen LogP contribution in [0.15, 0.2) is 16.9 Å². The van der Waals surface area contributed by atoms with Gasteiger partial charge in [-0.3, -0.25) is 0 Å². The molecule has 0 aliphatic carbocycles. The topological polar surface area (TPSA) is 63.8 Å². The molecule has 0 saturated carbocycles. The Hall–Kier alpha value is -1.69. The number of aromatic nitrogens is 2. The van der Waals surface area contributed by atoms with Crippen molar-refractivity contribution in [2.24, 2.45) is 0 Å². The normalized spacial score (nSPS) is 10.8. The number of nitrogens with zero attached hydrogens (tertiary/aromatic N) is 1. The van der Waals surface area contributed by atoms with E-state index in [9.17, 15) is 9.18 Å². The zero-order valence-corrected chi connectivity index (χ0v) is 8.69. The summed E-state index contributed by atoms with van der Waals surface area (Å²) < 4.78 is 14.3. The maximum atomic E-state index is 13.6. The van der Waals surface area contributed by atoms with Crippen molar-refractivity contribution in [1.82, 2.24) is 9.66 Å². The highest BCUT2D eigenvalue weighted by Crippen LogP contribution is 2.17. The summed E-state index contributed by atoms with van der Waals surface area (Å²) in [6.07, 6.45) is 0. The van der Waals surface area contributed by atoms with Crippen molar-refractivity contribution in [3.8, 4) is 0 Å². The van der Waals surface area contributed by atoms with E-state index in [0.717, 1.165) is 4.68 Å². The largest absolute Gasteiger partial charge is 0.345 e. The van der Waals surface area contributed by atoms with Crippen LogP contribution in [0.25, 0.3) is 10.9 Å². The van der Waals surface area contributed by atoms with E-state index in [0.29, 0.717) is 11.1 Å². The molecule has 0 aliphatic heterocycles. The first-order valence-electron chi connectivity index (χ1n) is 4.21. The van der Waals surface area contributed by atoms with E-state index >= 15 is 0 Å². The minimum absolute atomic E-state index is 0.00810. The molecular formula is C9H8FN3OS. The van der Waals surface area contributed by atoms with Gasteiger partial charge in [-0.1, -0.05) is 12.2 Å². The van der Waals surface area contributed by atoms with Crippen LogP contribution in [0.1, 0.15) is 5.56 Å². The van der Waals surface area contributed by atoms with Gasteiger partial charge in [0.05, 0.1) is 10.9 Å². The number of rotatable bonds is 0. The Bertz CT molecular complexity index is 659. The summed E-state index contributed by atoms with van der Waals surface area (Å²) in [5, 5.41) is 0.165. The Balaban J connectivity index is 3.13. The molecule has 78 valence electrons. The van der Waals surface area contributed by atoms with E-state index in [1.54, 1.807) is 13.0 Å². The Morgan fingerprint density at radius 1 is 1.53 bits per heavy atom. The van der Waals surface area contributed by atoms with Gasteiger partial charge in [0, 0.05) is 0 Å². The molecule has 2 aromatic rings. The first-order chi connectivity index (χ1) is 7.00. The molecule has 0 aliphatic rings. The predicted molar refractivity (Wildman–Crippen MR) is 58.2 cm³/mol. The van der Waals surface area contributed by atoms with Crippen LogP contribution in [0.5, 0.6) is 0 Å². The number of fused-ring (bicyclic) bond motifs is 1. The maximum absolute atomic E-state index is 13.6. The first kappa shape index (κ1) is 9.85. The van der Waals surface area contributed by atoms with Crippen molar-refractivity contribution >= 4 is 23.1 Å². The zero-order chi connectivity index (χ0) is 11.2. The molecule has 2 rings (SSSR count). The molecule has 15 heavy (non-hydrogen) atoms. The number of hydrogen-bond acceptors (Lipinski definition) is 3. The summed E-state index contributed by atoms with van der Waals surface area (Å²) in [5.41, 5.74) is 0.515. The number of benzene rings is 1. The summed E-state index contributed by atoms with van der Waals surface area (Å²) in [6.45, 7) is 1.73. The summed E-state index contributed by atoms with van der Waals surface area (Å²) in [4.78, 5) is 13.7. The fourth-order valence-electron chi connectivity index (χ4n) is 1.45. The molecule has 0 bridgehead atoms. The third-order valence-electron chi connectivity index (χ3n) is 2.13. The quantitative estimate of drug-likeness (QED) is 0.523. The summed E-state index contributed by atoms with van der Waals surface area (Å²) in [6, 6.07) is 2.99. The Morgan fingerprint density at radius 3 is 2.87 bits per heavy atom. The summed E-state index contributed by atoms with van der Waals surface area (Å²) >= 11 is 4.89. The second-order valence-electron chi connectivity index (χ2n) is 3.27. The molecule has 0 spiro atoms. The van der Waals surface area contributed by atoms with Gasteiger partial charge in [-0.25, -0.2) is 13.9 Å². The average molecular weight is 225 g/mol. The van der Waals surface area contributed by atoms with E-state index in [-0.39, 0.29) is 10.0 Å². The van der Waals surface area contributed by atoms with Crippen LogP contribution < -0.4 is 11.5 Å². The molecule has 0 saturated heterocycles. The van der Waals surface area contributed by atoms with Crippen molar-refractivity contribution in [2.45, 2.75) is 6.92 Å². The van der Waals surface area contributed by atoms with Crippen molar-refractivity contribution in [3.63, 3.8) is 0 Å². The number of hydrogen-bond donors (Lipinski definition) is 2. The molecule has 3 N–H and O–H groups in total. The molecule has 1 aromatic carbocycles. The van der Waals surface area contributed by atoms with Crippen molar-refractivity contribution < 1.29 is 4.39 Å². The number of nitrogens with one attached hydrogen (secondary N) is 1. The Kier molecular flexibility index (Phi) is 2.08. The molecule has 0 radical (unpaired) electrons. The van der Waals surface area contributed by atoms with Crippen LogP contribution >= 0.6 is 12.2 Å². The lowest BCUT2D eigenvalue weighted by Crippen LogP contribution is -2.30. The third kappa shape index (κ3) is 1.42. The molecule has 0 amide bonds. The van der Waals surface area contributed by atoms with Crippen LogP contribution in [0.3, 0.4) is 0 Å². The van der Waals surface area contributed by atoms with Crippen LogP contribution in [-0.2, 0) is 0 Å². The molecule has 1 aromatic heterocycles. The number of nitrogens with two attached hydrogens (primary N) is 1. The second kappa shape index (κ2) is 3.16. The Morgan fingerprint density at radius 2 is 2.20 bits per heavy atom. The molecule has 0 unspecified atom stereocenters. The van der Waals surface area contributed by atoms with E-state index < -0.39 is 11.5 Å². The number of aryl methyl sites for hydroxylation is 1. The number of H-pyrrole nitrogens is 1. The SMILES string of the molecule is Cc1cc(F)c2c(=S)n(N)c(=O)[nH]c2c1. The van der Waals surface area contributed by atoms with E-state index in [4.69, 9.17) is 18.1 Å². The van der Waals surface area contributed by atoms with Gasteiger partial charge in [0.25, 0.3) is 0 Å². The van der Waals surface area contributed by atoms with Crippen molar-refractivity contribution in [1.29, 1.82) is 0 Å². The van der Waals surface area contributed by atoms with Gasteiger partial charge in [-0.2, -0.15) is 0 Å². The van der Waals surface area contributed by atoms with Gasteiger partial charge in [0.2, 0.25) is 0 Å². The lowest BCUT2D eigenvalue weighted by molar-refractivity contribution is 0.636. The van der Waals surface area contributed by atoms with Gasteiger partial charge in [-0.15, -0.1) is 0 Å². The molecule has 1 heterocycles. The summed E-state index contributed by atoms with van der Waals surface area (Å²) in [5.74, 6) is 4.88. The predicted octanol–water partition coefficient (Wildman–Crippen LogP) is 1.22. The van der Waals surface area contributed by atoms with Crippen molar-refractivity contribution in [2.75, 3.05) is 5.84 Å². The Labute approximate surface area is 89.1 Å². The minimum Gasteiger partial charge on any atom is -0.334 e. The molecule has 0 fully saturated rings. The second-order valence-corrected chi connectivity index (χ2v) is 3.66. The molecule has 4 nitrogen and oxygen atoms in total. The van der Waals surface area contributed by atoms with Crippen molar-refractivity contribution in [3.05, 3.63) is 38.6 Å². The van der Waals surface area contributed by atoms with E-state index in [2.05, 4.69) is 4.98 Å². The van der Waals surface area contributed by atoms with Gasteiger partial charge in [-0.05, 0) is 24.6 Å². The number of nitrogen functional groups attached to an aromatic ring is 1. The molecule has 6 heteroatoms. The highest BCUT2D eigenvalue weighted by molar-refractivity contribution is 7.71. The van der Waals surface area contributed by atoms with Gasteiger partial charge < -0.3 is 10.8 Å². The third-order valence-corrected chi connectivity index (χ3v) is 2.53. The van der Waals surface area contributed by atoms with Crippen LogP contribution in [0.2, 0.25) is 0 Å². The monoisotopic (exact) mass is 225 g/mol. The van der Waals surface area contributed by atoms with E-state index in [1.165, 1.54) is 6.07 Å². The van der Waals surface area contributed by atoms with Crippen LogP contribution in [0, 0.1) is 17.4 Å². The highest BCUT2D eigenvalue weighted by atomic mass is 32.1. The highest BCUT2D eigenvalue weighted by Gasteiger charge is 2.07. The zero-order valence-electron chi connectivity index (χ0n) is 7.87. The fourth-order valence-corrected chi connectivity index (χ4v) is 1.74. The molecular weight excluding hydrogens is 217 g/mol. The van der Waals surface area contributed by atoms with Gasteiger partial charge in [0.15, 0.2) is 0 Å². The maximum Gasteiger partial charge on any atom is 0.345 e. The van der Waals surface area contributed by atoms with Gasteiger partial charge in [0.1, 0.15) is 10.5 Å². The summed E-state index contributed by atoms with van der Waals surface area (Å²) in [7, 11) is 0. The molecule has 0 atom stereocenters. The standard InChI is InChI=1S/C9H8FN3OS/c1-4-2-5(10)7-6(3-4)12-9(14)13(11)8(7)15/h2-3H,11H2,1H3,(H,12,14). The fraction of sp³-hybridized carbons (Fsp3) is 0.111. The van der Waals surface area contributed by atoms with Gasteiger partial charge >= 0.3 is 5.69 Å². The number of aromatic amines is 1. The lowest BCUT2D eigenvalue weighted by atomic mass is 10.1. The average Bonchev–Trinajstić information content (AvgIpc) is 2.13. The minimum atomic E-state index is -0.558. The van der Waals surface area contributed by atoms with Crippen LogP contribution in [-0.4, -0.2) is 9.66 Å². The number of halogens is 1. The first-order valence-corrected chi connectivity index (χ1v) is 4.62. The van der Waals surface area contributed by atoms with Crippen LogP contribution in [0.4, 0.5) is 4.39 Å².